The Morgan fingerprint density at radius 3 is 2.39 bits per heavy atom. The Balaban J connectivity index is 1.78. The fourth-order valence-corrected chi connectivity index (χ4v) is 3.30. The van der Waals surface area contributed by atoms with Crippen LogP contribution in [0.4, 0.5) is 0 Å². The van der Waals surface area contributed by atoms with Crippen molar-refractivity contribution in [1.29, 1.82) is 0 Å². The molecule has 3 unspecified atom stereocenters. The molecule has 0 aromatic rings. The zero-order chi connectivity index (χ0) is 13.1. The summed E-state index contributed by atoms with van der Waals surface area (Å²) in [5.74, 6) is 2.31. The van der Waals surface area contributed by atoms with Gasteiger partial charge in [-0.05, 0) is 43.9 Å². The van der Waals surface area contributed by atoms with Gasteiger partial charge in [0.15, 0.2) is 0 Å². The van der Waals surface area contributed by atoms with Crippen LogP contribution in [0.25, 0.3) is 0 Å². The molecule has 1 heterocycles. The van der Waals surface area contributed by atoms with E-state index in [9.17, 15) is 4.79 Å². The Morgan fingerprint density at radius 2 is 1.78 bits per heavy atom. The summed E-state index contributed by atoms with van der Waals surface area (Å²) in [6, 6.07) is 0.354. The summed E-state index contributed by atoms with van der Waals surface area (Å²) in [6.07, 6.45) is 5.53. The number of rotatable bonds is 3. The molecule has 104 valence electrons. The normalized spacial score (nSPS) is 35.6. The minimum atomic E-state index is 0.326. The maximum absolute atomic E-state index is 12.3. The first-order valence-electron chi connectivity index (χ1n) is 7.57. The number of Topliss-reactive ketones (excluding diaryl/α,β-unsaturated/α-hetero) is 1. The van der Waals surface area contributed by atoms with Crippen LogP contribution in [0.2, 0.25) is 0 Å². The van der Waals surface area contributed by atoms with Gasteiger partial charge in [-0.2, -0.15) is 0 Å². The molecule has 0 amide bonds. The van der Waals surface area contributed by atoms with E-state index in [1.165, 1.54) is 6.42 Å². The summed E-state index contributed by atoms with van der Waals surface area (Å²) < 4.78 is 0. The van der Waals surface area contributed by atoms with Crippen LogP contribution in [0.3, 0.4) is 0 Å². The van der Waals surface area contributed by atoms with E-state index in [1.807, 2.05) is 0 Å². The Morgan fingerprint density at radius 1 is 1.11 bits per heavy atom. The molecule has 1 saturated heterocycles. The van der Waals surface area contributed by atoms with Gasteiger partial charge in [0.1, 0.15) is 5.78 Å². The molecule has 0 radical (unpaired) electrons. The maximum atomic E-state index is 12.3. The maximum Gasteiger partial charge on any atom is 0.149 e. The Kier molecular flexibility index (Phi) is 4.79. The highest BCUT2D eigenvalue weighted by Crippen LogP contribution is 2.33. The van der Waals surface area contributed by atoms with Gasteiger partial charge in [0.25, 0.3) is 0 Å². The van der Waals surface area contributed by atoms with E-state index >= 15 is 0 Å². The number of piperidine rings is 1. The number of hydrogen-bond donors (Lipinski definition) is 1. The smallest absolute Gasteiger partial charge is 0.149 e. The number of hydrogen-bond acceptors (Lipinski definition) is 3. The molecule has 0 aromatic carbocycles. The average molecular weight is 252 g/mol. The second-order valence-electron chi connectivity index (χ2n) is 6.54. The molecule has 3 atom stereocenters. The van der Waals surface area contributed by atoms with Crippen molar-refractivity contribution < 1.29 is 4.79 Å². The lowest BCUT2D eigenvalue weighted by Crippen LogP contribution is -2.43. The molecule has 0 aromatic heterocycles. The number of nitrogens with zero attached hydrogens (tertiary/aromatic N) is 1. The Labute approximate surface area is 111 Å². The predicted octanol–water partition coefficient (Wildman–Crippen LogP) is 2.05. The number of likely N-dealkylation sites (tertiary alicyclic amines) is 1. The third-order valence-corrected chi connectivity index (χ3v) is 5.07. The van der Waals surface area contributed by atoms with Gasteiger partial charge < -0.3 is 5.73 Å². The first kappa shape index (κ1) is 14.0. The summed E-state index contributed by atoms with van der Waals surface area (Å²) in [5.41, 5.74) is 5.89. The van der Waals surface area contributed by atoms with Gasteiger partial charge in [-0.15, -0.1) is 0 Å². The van der Waals surface area contributed by atoms with Crippen molar-refractivity contribution in [3.05, 3.63) is 0 Å². The zero-order valence-electron chi connectivity index (χ0n) is 11.9. The van der Waals surface area contributed by atoms with E-state index in [4.69, 9.17) is 5.73 Å². The van der Waals surface area contributed by atoms with E-state index in [1.54, 1.807) is 0 Å². The van der Waals surface area contributed by atoms with Crippen molar-refractivity contribution in [2.24, 2.45) is 23.5 Å². The fraction of sp³-hybridized carbons (Fsp3) is 0.933. The summed E-state index contributed by atoms with van der Waals surface area (Å²) in [7, 11) is 0. The second kappa shape index (κ2) is 6.16. The average Bonchev–Trinajstić information content (AvgIpc) is 2.35. The molecule has 1 saturated carbocycles. The summed E-state index contributed by atoms with van der Waals surface area (Å²) in [6.45, 7) is 7.29. The topological polar surface area (TPSA) is 46.3 Å². The molecule has 1 aliphatic carbocycles. The minimum absolute atomic E-state index is 0.326. The van der Waals surface area contributed by atoms with E-state index < -0.39 is 0 Å². The van der Waals surface area contributed by atoms with Crippen LogP contribution in [-0.2, 0) is 4.79 Å². The molecular formula is C15H28N2O. The number of carbonyl (C=O) groups excluding carboxylic acids is 1. The zero-order valence-corrected chi connectivity index (χ0v) is 11.9. The number of carbonyl (C=O) groups is 1. The van der Waals surface area contributed by atoms with Crippen molar-refractivity contribution in [2.75, 3.05) is 19.6 Å². The lowest BCUT2D eigenvalue weighted by Gasteiger charge is -2.34. The summed E-state index contributed by atoms with van der Waals surface area (Å²) >= 11 is 0. The van der Waals surface area contributed by atoms with Gasteiger partial charge in [-0.25, -0.2) is 0 Å². The largest absolute Gasteiger partial charge is 0.328 e. The molecule has 3 nitrogen and oxygen atoms in total. The molecular weight excluding hydrogens is 224 g/mol. The molecule has 2 fully saturated rings. The van der Waals surface area contributed by atoms with Gasteiger partial charge >= 0.3 is 0 Å². The Bertz CT molecular complexity index is 284. The SMILES string of the molecule is CC1CCC(C(=O)CN2CCC(N)CC2)CC1C. The van der Waals surface area contributed by atoms with Crippen molar-refractivity contribution in [2.45, 2.75) is 52.0 Å². The van der Waals surface area contributed by atoms with Gasteiger partial charge in [-0.1, -0.05) is 13.8 Å². The van der Waals surface area contributed by atoms with Gasteiger partial charge in [-0.3, -0.25) is 9.69 Å². The Hall–Kier alpha value is -0.410. The first-order valence-corrected chi connectivity index (χ1v) is 7.57. The van der Waals surface area contributed by atoms with Crippen LogP contribution < -0.4 is 5.73 Å². The monoisotopic (exact) mass is 252 g/mol. The fourth-order valence-electron chi connectivity index (χ4n) is 3.30. The summed E-state index contributed by atoms with van der Waals surface area (Å²) in [4.78, 5) is 14.6. The van der Waals surface area contributed by atoms with Crippen LogP contribution in [-0.4, -0.2) is 36.4 Å². The summed E-state index contributed by atoms with van der Waals surface area (Å²) in [5, 5.41) is 0. The predicted molar refractivity (Wildman–Crippen MR) is 74.3 cm³/mol. The molecule has 0 spiro atoms. The molecule has 0 bridgehead atoms. The highest BCUT2D eigenvalue weighted by molar-refractivity contribution is 5.83. The quantitative estimate of drug-likeness (QED) is 0.836. The van der Waals surface area contributed by atoms with E-state index in [0.717, 1.165) is 44.7 Å². The van der Waals surface area contributed by atoms with E-state index in [-0.39, 0.29) is 0 Å². The third-order valence-electron chi connectivity index (χ3n) is 5.07. The van der Waals surface area contributed by atoms with Gasteiger partial charge in [0.2, 0.25) is 0 Å². The van der Waals surface area contributed by atoms with Crippen LogP contribution >= 0.6 is 0 Å². The standard InChI is InChI=1S/C15H28N2O/c1-11-3-4-13(9-12(11)2)15(18)10-17-7-5-14(16)6-8-17/h11-14H,3-10,16H2,1-2H3. The molecule has 2 rings (SSSR count). The lowest BCUT2D eigenvalue weighted by atomic mass is 9.74. The van der Waals surface area contributed by atoms with Crippen molar-refractivity contribution in [3.63, 3.8) is 0 Å². The van der Waals surface area contributed by atoms with Crippen LogP contribution in [0.5, 0.6) is 0 Å². The molecule has 2 N–H and O–H groups in total. The second-order valence-corrected chi connectivity index (χ2v) is 6.54. The highest BCUT2D eigenvalue weighted by atomic mass is 16.1. The van der Waals surface area contributed by atoms with Crippen LogP contribution in [0, 0.1) is 17.8 Å². The van der Waals surface area contributed by atoms with E-state index in [0.29, 0.717) is 30.2 Å². The number of ketones is 1. The van der Waals surface area contributed by atoms with E-state index in [2.05, 4.69) is 18.7 Å². The molecule has 18 heavy (non-hydrogen) atoms. The first-order chi connectivity index (χ1) is 8.56. The van der Waals surface area contributed by atoms with Crippen molar-refractivity contribution in [3.8, 4) is 0 Å². The minimum Gasteiger partial charge on any atom is -0.328 e. The lowest BCUT2D eigenvalue weighted by molar-refractivity contribution is -0.126. The number of nitrogens with two attached hydrogens (primary N) is 1. The van der Waals surface area contributed by atoms with Gasteiger partial charge in [0.05, 0.1) is 6.54 Å². The molecule has 3 heteroatoms. The highest BCUT2D eigenvalue weighted by Gasteiger charge is 2.30. The van der Waals surface area contributed by atoms with Crippen LogP contribution in [0.15, 0.2) is 0 Å². The van der Waals surface area contributed by atoms with Crippen molar-refractivity contribution >= 4 is 5.78 Å². The third kappa shape index (κ3) is 3.55. The van der Waals surface area contributed by atoms with Gasteiger partial charge in [0, 0.05) is 25.0 Å². The van der Waals surface area contributed by atoms with Crippen LogP contribution in [0.1, 0.15) is 46.0 Å². The van der Waals surface area contributed by atoms with Crippen molar-refractivity contribution in [1.82, 2.24) is 4.90 Å². The molecule has 1 aliphatic heterocycles. The molecule has 2 aliphatic rings.